The van der Waals surface area contributed by atoms with E-state index in [2.05, 4.69) is 49.9 Å². The third-order valence-corrected chi connectivity index (χ3v) is 7.65. The number of nitrogens with zero attached hydrogens (tertiary/aromatic N) is 3. The van der Waals surface area contributed by atoms with Crippen molar-refractivity contribution in [3.63, 3.8) is 0 Å². The fourth-order valence-electron chi connectivity index (χ4n) is 4.89. The van der Waals surface area contributed by atoms with Crippen molar-refractivity contribution in [2.75, 3.05) is 11.9 Å². The Morgan fingerprint density at radius 2 is 1.75 bits per heavy atom. The summed E-state index contributed by atoms with van der Waals surface area (Å²) in [5, 5.41) is 7.78. The van der Waals surface area contributed by atoms with Gasteiger partial charge in [0.15, 0.2) is 0 Å². The number of anilines is 1. The molecule has 1 aromatic carbocycles. The number of pyridine rings is 1. The lowest BCUT2D eigenvalue weighted by molar-refractivity contribution is -0.126. The van der Waals surface area contributed by atoms with E-state index in [1.165, 1.54) is 23.9 Å². The zero-order valence-corrected chi connectivity index (χ0v) is 20.6. The maximum absolute atomic E-state index is 12.8. The maximum atomic E-state index is 12.8. The molecule has 5 rings (SSSR count). The molecule has 1 saturated carbocycles. The van der Waals surface area contributed by atoms with Crippen LogP contribution in [-0.4, -0.2) is 33.7 Å². The first-order valence-electron chi connectivity index (χ1n) is 12.2. The van der Waals surface area contributed by atoms with Crippen molar-refractivity contribution in [3.8, 4) is 11.1 Å². The molecule has 2 atom stereocenters. The highest BCUT2D eigenvalue weighted by Crippen LogP contribution is 2.34. The summed E-state index contributed by atoms with van der Waals surface area (Å²) in [5.41, 5.74) is 3.58. The SMILES string of the molecule is FC(F)(F)Cc1cc2c(NC3CCC[C@H](CNCc4ccc(-c5ccncc5)cc4)C3)ncnc2s1. The molecule has 0 amide bonds. The number of hydrogen-bond acceptors (Lipinski definition) is 6. The number of aromatic nitrogens is 3. The Balaban J connectivity index is 1.14. The molecule has 2 N–H and O–H groups in total. The topological polar surface area (TPSA) is 62.7 Å². The number of thiophene rings is 1. The van der Waals surface area contributed by atoms with E-state index in [9.17, 15) is 13.2 Å². The van der Waals surface area contributed by atoms with Gasteiger partial charge in [0, 0.05) is 29.9 Å². The van der Waals surface area contributed by atoms with Gasteiger partial charge in [-0.3, -0.25) is 4.98 Å². The van der Waals surface area contributed by atoms with E-state index >= 15 is 0 Å². The average molecular weight is 512 g/mol. The van der Waals surface area contributed by atoms with Crippen molar-refractivity contribution in [1.82, 2.24) is 20.3 Å². The Morgan fingerprint density at radius 3 is 2.53 bits per heavy atom. The molecule has 1 aliphatic carbocycles. The molecule has 3 aromatic heterocycles. The Kier molecular flexibility index (Phi) is 7.48. The summed E-state index contributed by atoms with van der Waals surface area (Å²) in [5.74, 6) is 1.17. The molecule has 1 unspecified atom stereocenters. The minimum atomic E-state index is -4.23. The normalized spacial score (nSPS) is 18.4. The fraction of sp³-hybridized carbons (Fsp3) is 0.370. The van der Waals surface area contributed by atoms with Crippen LogP contribution in [-0.2, 0) is 13.0 Å². The quantitative estimate of drug-likeness (QED) is 0.278. The minimum absolute atomic E-state index is 0.245. The Morgan fingerprint density at radius 1 is 0.972 bits per heavy atom. The van der Waals surface area contributed by atoms with E-state index in [1.54, 1.807) is 18.5 Å². The molecule has 0 bridgehead atoms. The average Bonchev–Trinajstić information content (AvgIpc) is 3.27. The molecule has 0 spiro atoms. The molecule has 5 nitrogen and oxygen atoms in total. The first-order valence-corrected chi connectivity index (χ1v) is 13.0. The molecule has 0 saturated heterocycles. The Bertz CT molecular complexity index is 1270. The summed E-state index contributed by atoms with van der Waals surface area (Å²) >= 11 is 1.09. The predicted octanol–water partition coefficient (Wildman–Crippen LogP) is 6.62. The second kappa shape index (κ2) is 10.9. The minimum Gasteiger partial charge on any atom is -0.367 e. The van der Waals surface area contributed by atoms with Crippen LogP contribution in [0.15, 0.2) is 61.2 Å². The summed E-state index contributed by atoms with van der Waals surface area (Å²) in [6.07, 6.45) is 4.18. The number of rotatable bonds is 8. The van der Waals surface area contributed by atoms with Crippen LogP contribution >= 0.6 is 11.3 Å². The number of hydrogen-bond donors (Lipinski definition) is 2. The van der Waals surface area contributed by atoms with E-state index < -0.39 is 12.6 Å². The summed E-state index contributed by atoms with van der Waals surface area (Å²) in [6, 6.07) is 14.4. The zero-order chi connectivity index (χ0) is 25.0. The van der Waals surface area contributed by atoms with Gasteiger partial charge >= 0.3 is 6.18 Å². The molecule has 188 valence electrons. The first kappa shape index (κ1) is 24.6. The van der Waals surface area contributed by atoms with Crippen molar-refractivity contribution in [2.24, 2.45) is 5.92 Å². The standard InChI is InChI=1S/C27H28F3N5S/c28-27(29,30)14-23-13-24-25(33-17-34-26(24)36-23)35-22-3-1-2-19(12-22)16-32-15-18-4-6-20(7-5-18)21-8-10-31-11-9-21/h4-11,13,17,19,22,32H,1-3,12,14-16H2,(H,33,34,35)/t19-,22?/m0/s1. The van der Waals surface area contributed by atoms with Crippen molar-refractivity contribution in [1.29, 1.82) is 0 Å². The lowest BCUT2D eigenvalue weighted by Crippen LogP contribution is -2.33. The largest absolute Gasteiger partial charge is 0.393 e. The Labute approximate surface area is 212 Å². The summed E-state index contributed by atoms with van der Waals surface area (Å²) in [6.45, 7) is 1.74. The number of halogens is 3. The van der Waals surface area contributed by atoms with Crippen LogP contribution in [0.25, 0.3) is 21.3 Å². The molecular formula is C27H28F3N5S. The monoisotopic (exact) mass is 511 g/mol. The molecule has 3 heterocycles. The second-order valence-electron chi connectivity index (χ2n) is 9.38. The van der Waals surface area contributed by atoms with Crippen LogP contribution in [0.2, 0.25) is 0 Å². The molecular weight excluding hydrogens is 483 g/mol. The van der Waals surface area contributed by atoms with Crippen LogP contribution < -0.4 is 10.6 Å². The Hall–Kier alpha value is -3.04. The number of alkyl halides is 3. The highest BCUT2D eigenvalue weighted by molar-refractivity contribution is 7.18. The summed E-state index contributed by atoms with van der Waals surface area (Å²) in [7, 11) is 0. The molecule has 36 heavy (non-hydrogen) atoms. The van der Waals surface area contributed by atoms with Gasteiger partial charge in [0.1, 0.15) is 17.0 Å². The van der Waals surface area contributed by atoms with Gasteiger partial charge in [-0.25, -0.2) is 9.97 Å². The van der Waals surface area contributed by atoms with E-state index in [-0.39, 0.29) is 10.9 Å². The zero-order valence-electron chi connectivity index (χ0n) is 19.8. The highest BCUT2D eigenvalue weighted by Gasteiger charge is 2.29. The lowest BCUT2D eigenvalue weighted by Gasteiger charge is -2.30. The molecule has 1 fully saturated rings. The third kappa shape index (κ3) is 6.39. The number of fused-ring (bicyclic) bond motifs is 1. The smallest absolute Gasteiger partial charge is 0.367 e. The van der Waals surface area contributed by atoms with E-state index in [0.717, 1.165) is 49.3 Å². The van der Waals surface area contributed by atoms with Gasteiger partial charge in [0.25, 0.3) is 0 Å². The van der Waals surface area contributed by atoms with Crippen molar-refractivity contribution in [3.05, 3.63) is 71.6 Å². The highest BCUT2D eigenvalue weighted by atomic mass is 32.1. The van der Waals surface area contributed by atoms with Gasteiger partial charge in [-0.15, -0.1) is 11.3 Å². The van der Waals surface area contributed by atoms with Gasteiger partial charge in [0.2, 0.25) is 0 Å². The van der Waals surface area contributed by atoms with Crippen molar-refractivity contribution in [2.45, 2.75) is 50.9 Å². The van der Waals surface area contributed by atoms with Gasteiger partial charge in [-0.2, -0.15) is 13.2 Å². The first-order chi connectivity index (χ1) is 17.4. The second-order valence-corrected chi connectivity index (χ2v) is 10.5. The van der Waals surface area contributed by atoms with Crippen LogP contribution in [0.5, 0.6) is 0 Å². The molecule has 4 aromatic rings. The summed E-state index contributed by atoms with van der Waals surface area (Å²) < 4.78 is 38.5. The van der Waals surface area contributed by atoms with Gasteiger partial charge in [-0.1, -0.05) is 30.7 Å². The van der Waals surface area contributed by atoms with Gasteiger partial charge in [0.05, 0.1) is 11.8 Å². The number of benzene rings is 1. The fourth-order valence-corrected chi connectivity index (χ4v) is 5.91. The van der Waals surface area contributed by atoms with Crippen LogP contribution in [0.3, 0.4) is 0 Å². The van der Waals surface area contributed by atoms with Crippen molar-refractivity contribution < 1.29 is 13.2 Å². The number of nitrogens with one attached hydrogen (secondary N) is 2. The molecule has 1 aliphatic rings. The molecule has 0 aliphatic heterocycles. The van der Waals surface area contributed by atoms with Gasteiger partial charge in [-0.05, 0) is 66.6 Å². The molecule has 9 heteroatoms. The lowest BCUT2D eigenvalue weighted by atomic mass is 9.85. The summed E-state index contributed by atoms with van der Waals surface area (Å²) in [4.78, 5) is 13.5. The van der Waals surface area contributed by atoms with Crippen LogP contribution in [0.4, 0.5) is 19.0 Å². The van der Waals surface area contributed by atoms with Crippen LogP contribution in [0.1, 0.15) is 36.1 Å². The van der Waals surface area contributed by atoms with E-state index in [0.29, 0.717) is 22.0 Å². The van der Waals surface area contributed by atoms with E-state index in [4.69, 9.17) is 0 Å². The van der Waals surface area contributed by atoms with Crippen molar-refractivity contribution >= 4 is 27.4 Å². The third-order valence-electron chi connectivity index (χ3n) is 6.61. The predicted molar refractivity (Wildman–Crippen MR) is 138 cm³/mol. The molecule has 0 radical (unpaired) electrons. The van der Waals surface area contributed by atoms with E-state index in [1.807, 2.05) is 12.1 Å². The maximum Gasteiger partial charge on any atom is 0.393 e. The van der Waals surface area contributed by atoms with Crippen LogP contribution in [0, 0.1) is 5.92 Å². The van der Waals surface area contributed by atoms with Gasteiger partial charge < -0.3 is 10.6 Å².